The van der Waals surface area contributed by atoms with Gasteiger partial charge in [0.1, 0.15) is 0 Å². The summed E-state index contributed by atoms with van der Waals surface area (Å²) in [4.78, 5) is 13.4. The van der Waals surface area contributed by atoms with Gasteiger partial charge in [0.15, 0.2) is 0 Å². The summed E-state index contributed by atoms with van der Waals surface area (Å²) in [6.45, 7) is 5.84. The Bertz CT molecular complexity index is 213. The van der Waals surface area contributed by atoms with E-state index in [1.54, 1.807) is 0 Å². The van der Waals surface area contributed by atoms with Crippen LogP contribution in [0.4, 0.5) is 0 Å². The summed E-state index contributed by atoms with van der Waals surface area (Å²) in [7, 11) is 2.11. The van der Waals surface area contributed by atoms with Gasteiger partial charge in [-0.25, -0.2) is 0 Å². The summed E-state index contributed by atoms with van der Waals surface area (Å²) in [5.41, 5.74) is -0.564. The molecule has 0 radical (unpaired) electrons. The fourth-order valence-electron chi connectivity index (χ4n) is 2.14. The third-order valence-corrected chi connectivity index (χ3v) is 3.52. The molecule has 0 amide bonds. The van der Waals surface area contributed by atoms with Crippen LogP contribution < -0.4 is 0 Å². The molecular weight excluding hydrogens is 178 g/mol. The van der Waals surface area contributed by atoms with E-state index in [0.29, 0.717) is 5.92 Å². The third kappa shape index (κ3) is 2.47. The number of carbonyl (C=O) groups is 1. The Kier molecular flexibility index (Phi) is 3.53. The van der Waals surface area contributed by atoms with E-state index < -0.39 is 11.4 Å². The Morgan fingerprint density at radius 1 is 1.36 bits per heavy atom. The lowest BCUT2D eigenvalue weighted by molar-refractivity contribution is -0.150. The van der Waals surface area contributed by atoms with Crippen LogP contribution in [0.2, 0.25) is 0 Å². The SMILES string of the molecule is CN1CCCC(C(C)(C)C(=O)O)CC1. The van der Waals surface area contributed by atoms with Gasteiger partial charge in [0.2, 0.25) is 0 Å². The molecule has 1 atom stereocenters. The van der Waals surface area contributed by atoms with E-state index >= 15 is 0 Å². The van der Waals surface area contributed by atoms with E-state index in [4.69, 9.17) is 5.11 Å². The van der Waals surface area contributed by atoms with Gasteiger partial charge in [0, 0.05) is 0 Å². The van der Waals surface area contributed by atoms with Gasteiger partial charge < -0.3 is 10.0 Å². The van der Waals surface area contributed by atoms with Gasteiger partial charge in [-0.3, -0.25) is 4.79 Å². The van der Waals surface area contributed by atoms with Gasteiger partial charge in [-0.05, 0) is 59.2 Å². The van der Waals surface area contributed by atoms with Crippen LogP contribution in [0.5, 0.6) is 0 Å². The van der Waals surface area contributed by atoms with E-state index in [9.17, 15) is 4.79 Å². The molecule has 3 heteroatoms. The Morgan fingerprint density at radius 2 is 2.00 bits per heavy atom. The maximum Gasteiger partial charge on any atom is 0.309 e. The third-order valence-electron chi connectivity index (χ3n) is 3.52. The lowest BCUT2D eigenvalue weighted by atomic mass is 9.75. The monoisotopic (exact) mass is 199 g/mol. The smallest absolute Gasteiger partial charge is 0.309 e. The number of carboxylic acids is 1. The minimum absolute atomic E-state index is 0.324. The molecule has 0 saturated carbocycles. The summed E-state index contributed by atoms with van der Waals surface area (Å²) in [6, 6.07) is 0. The first-order valence-corrected chi connectivity index (χ1v) is 5.36. The number of rotatable bonds is 2. The number of hydrogen-bond acceptors (Lipinski definition) is 2. The molecule has 0 aromatic rings. The predicted molar refractivity (Wildman–Crippen MR) is 56.3 cm³/mol. The maximum atomic E-state index is 11.1. The highest BCUT2D eigenvalue weighted by Gasteiger charge is 2.36. The van der Waals surface area contributed by atoms with Gasteiger partial charge in [-0.15, -0.1) is 0 Å². The highest BCUT2D eigenvalue weighted by Crippen LogP contribution is 2.34. The molecule has 0 bridgehead atoms. The number of hydrogen-bond donors (Lipinski definition) is 1. The number of nitrogens with zero attached hydrogens (tertiary/aromatic N) is 1. The van der Waals surface area contributed by atoms with Crippen molar-refractivity contribution < 1.29 is 9.90 Å². The summed E-state index contributed by atoms with van der Waals surface area (Å²) in [5, 5.41) is 9.14. The molecule has 0 aromatic carbocycles. The molecule has 1 unspecified atom stereocenters. The van der Waals surface area contributed by atoms with Crippen LogP contribution in [-0.2, 0) is 4.79 Å². The molecule has 0 aromatic heterocycles. The van der Waals surface area contributed by atoms with E-state index in [1.807, 2.05) is 13.8 Å². The van der Waals surface area contributed by atoms with Crippen molar-refractivity contribution in [1.29, 1.82) is 0 Å². The maximum absolute atomic E-state index is 11.1. The van der Waals surface area contributed by atoms with Crippen molar-refractivity contribution in [3.63, 3.8) is 0 Å². The van der Waals surface area contributed by atoms with Crippen LogP contribution in [0.1, 0.15) is 33.1 Å². The largest absolute Gasteiger partial charge is 0.481 e. The van der Waals surface area contributed by atoms with Crippen molar-refractivity contribution in [2.75, 3.05) is 20.1 Å². The summed E-state index contributed by atoms with van der Waals surface area (Å²) >= 11 is 0. The van der Waals surface area contributed by atoms with E-state index in [1.165, 1.54) is 0 Å². The highest BCUT2D eigenvalue weighted by atomic mass is 16.4. The molecule has 14 heavy (non-hydrogen) atoms. The second-order valence-electron chi connectivity index (χ2n) is 4.96. The van der Waals surface area contributed by atoms with Crippen LogP contribution >= 0.6 is 0 Å². The topological polar surface area (TPSA) is 40.5 Å². The lowest BCUT2D eigenvalue weighted by Crippen LogP contribution is -2.33. The van der Waals surface area contributed by atoms with Crippen molar-refractivity contribution in [3.05, 3.63) is 0 Å². The predicted octanol–water partition coefficient (Wildman–Crippen LogP) is 1.83. The fourth-order valence-corrected chi connectivity index (χ4v) is 2.14. The first-order chi connectivity index (χ1) is 6.44. The van der Waals surface area contributed by atoms with E-state index in [-0.39, 0.29) is 0 Å². The number of aliphatic carboxylic acids is 1. The Hall–Kier alpha value is -0.570. The summed E-state index contributed by atoms with van der Waals surface area (Å²) in [6.07, 6.45) is 3.18. The van der Waals surface area contributed by atoms with Crippen LogP contribution in [0.25, 0.3) is 0 Å². The molecule has 1 fully saturated rings. The van der Waals surface area contributed by atoms with Crippen molar-refractivity contribution in [2.24, 2.45) is 11.3 Å². The zero-order valence-electron chi connectivity index (χ0n) is 9.42. The van der Waals surface area contributed by atoms with Crippen LogP contribution in [-0.4, -0.2) is 36.1 Å². The zero-order chi connectivity index (χ0) is 10.8. The van der Waals surface area contributed by atoms with Crippen molar-refractivity contribution >= 4 is 5.97 Å². The average molecular weight is 199 g/mol. The van der Waals surface area contributed by atoms with Crippen molar-refractivity contribution in [3.8, 4) is 0 Å². The van der Waals surface area contributed by atoms with Crippen LogP contribution in [0.3, 0.4) is 0 Å². The van der Waals surface area contributed by atoms with Gasteiger partial charge in [0.05, 0.1) is 5.41 Å². The van der Waals surface area contributed by atoms with Crippen molar-refractivity contribution in [1.82, 2.24) is 4.90 Å². The molecule has 1 aliphatic rings. The van der Waals surface area contributed by atoms with Gasteiger partial charge in [-0.1, -0.05) is 0 Å². The average Bonchev–Trinajstić information content (AvgIpc) is 2.29. The Morgan fingerprint density at radius 3 is 2.57 bits per heavy atom. The highest BCUT2D eigenvalue weighted by molar-refractivity contribution is 5.74. The molecule has 0 aliphatic carbocycles. The number of likely N-dealkylation sites (tertiary alicyclic amines) is 1. The molecule has 1 saturated heterocycles. The van der Waals surface area contributed by atoms with Gasteiger partial charge in [0.25, 0.3) is 0 Å². The van der Waals surface area contributed by atoms with Gasteiger partial charge >= 0.3 is 5.97 Å². The molecule has 1 aliphatic heterocycles. The van der Waals surface area contributed by atoms with E-state index in [0.717, 1.165) is 32.4 Å². The first-order valence-electron chi connectivity index (χ1n) is 5.36. The minimum Gasteiger partial charge on any atom is -0.481 e. The molecular formula is C11H21NO2. The second kappa shape index (κ2) is 4.30. The quantitative estimate of drug-likeness (QED) is 0.737. The minimum atomic E-state index is -0.660. The zero-order valence-corrected chi connectivity index (χ0v) is 9.42. The molecule has 82 valence electrons. The Balaban J connectivity index is 2.63. The fraction of sp³-hybridized carbons (Fsp3) is 0.909. The van der Waals surface area contributed by atoms with Gasteiger partial charge in [-0.2, -0.15) is 0 Å². The summed E-state index contributed by atoms with van der Waals surface area (Å²) < 4.78 is 0. The molecule has 1 N–H and O–H groups in total. The van der Waals surface area contributed by atoms with Crippen LogP contribution in [0.15, 0.2) is 0 Å². The molecule has 0 spiro atoms. The normalized spacial score (nSPS) is 25.8. The molecule has 1 heterocycles. The standard InChI is InChI=1S/C11H21NO2/c1-11(2,10(13)14)9-5-4-7-12(3)8-6-9/h9H,4-8H2,1-3H3,(H,13,14). The lowest BCUT2D eigenvalue weighted by Gasteiger charge is -2.29. The summed E-state index contributed by atoms with van der Waals surface area (Å²) in [5.74, 6) is -0.336. The first kappa shape index (κ1) is 11.5. The molecule has 1 rings (SSSR count). The van der Waals surface area contributed by atoms with E-state index in [2.05, 4.69) is 11.9 Å². The van der Waals surface area contributed by atoms with Crippen LogP contribution in [0, 0.1) is 11.3 Å². The second-order valence-corrected chi connectivity index (χ2v) is 4.96. The molecule has 3 nitrogen and oxygen atoms in total. The number of carboxylic acid groups (broad SMARTS) is 1. The Labute approximate surface area is 86.1 Å². The van der Waals surface area contributed by atoms with Crippen molar-refractivity contribution in [2.45, 2.75) is 33.1 Å².